The minimum atomic E-state index is -0.456. The van der Waals surface area contributed by atoms with Crippen molar-refractivity contribution < 1.29 is 13.9 Å². The second-order valence-corrected chi connectivity index (χ2v) is 9.16. The maximum Gasteiger partial charge on any atom is 0.336 e. The lowest BCUT2D eigenvalue weighted by Gasteiger charge is -2.30. The molecule has 0 unspecified atom stereocenters. The lowest BCUT2D eigenvalue weighted by atomic mass is 9.74. The Morgan fingerprint density at radius 1 is 0.844 bits per heavy atom. The topological polar surface area (TPSA) is 56.5 Å². The molecule has 1 heterocycles. The lowest BCUT2D eigenvalue weighted by molar-refractivity contribution is 0.0898. The van der Waals surface area contributed by atoms with Gasteiger partial charge < -0.3 is 9.15 Å². The molecule has 0 aliphatic heterocycles. The highest BCUT2D eigenvalue weighted by molar-refractivity contribution is 6.10. The van der Waals surface area contributed by atoms with Crippen molar-refractivity contribution >= 4 is 16.6 Å². The fourth-order valence-electron chi connectivity index (χ4n) is 4.75. The highest BCUT2D eigenvalue weighted by atomic mass is 16.5. The Morgan fingerprint density at radius 2 is 1.59 bits per heavy atom. The number of benzene rings is 3. The zero-order chi connectivity index (χ0) is 22.5. The molecule has 0 N–H and O–H groups in total. The van der Waals surface area contributed by atoms with Crippen molar-refractivity contribution in [3.05, 3.63) is 88.5 Å². The molecule has 4 aromatic rings. The van der Waals surface area contributed by atoms with Crippen LogP contribution in [0.3, 0.4) is 0 Å². The van der Waals surface area contributed by atoms with Gasteiger partial charge in [0.15, 0.2) is 5.78 Å². The van der Waals surface area contributed by atoms with Crippen LogP contribution in [0, 0.1) is 5.41 Å². The molecular formula is C28H24O4. The summed E-state index contributed by atoms with van der Waals surface area (Å²) in [6.45, 7) is 4.04. The van der Waals surface area contributed by atoms with E-state index in [9.17, 15) is 9.59 Å². The molecule has 0 spiro atoms. The molecule has 3 aromatic carbocycles. The van der Waals surface area contributed by atoms with Crippen molar-refractivity contribution in [3.63, 3.8) is 0 Å². The van der Waals surface area contributed by atoms with Gasteiger partial charge in [-0.05, 0) is 39.4 Å². The molecule has 0 radical (unpaired) electrons. The molecule has 0 saturated carbocycles. The Morgan fingerprint density at radius 3 is 2.34 bits per heavy atom. The van der Waals surface area contributed by atoms with Gasteiger partial charge in [-0.15, -0.1) is 0 Å². The summed E-state index contributed by atoms with van der Waals surface area (Å²) in [5.74, 6) is 1.08. The molecule has 1 aliphatic carbocycles. The molecule has 0 saturated heterocycles. The summed E-state index contributed by atoms with van der Waals surface area (Å²) in [6, 6.07) is 21.7. The maximum atomic E-state index is 13.2. The fraction of sp³-hybridized carbons (Fsp3) is 0.214. The van der Waals surface area contributed by atoms with E-state index < -0.39 is 5.63 Å². The molecular weight excluding hydrogens is 400 g/mol. The zero-order valence-corrected chi connectivity index (χ0v) is 18.4. The van der Waals surface area contributed by atoms with Crippen LogP contribution >= 0.6 is 0 Å². The normalized spacial score (nSPS) is 14.9. The standard InChI is InChI=1S/C28H24O4/c1-28(2)15-22(29)27-21(14-25(30)32-24(27)16-28)26-20-13-19(17-7-5-4-6-8-17)10-9-18(20)11-12-23(26)31-3/h4-14H,15-16H2,1-3H3. The van der Waals surface area contributed by atoms with Crippen molar-refractivity contribution in [2.24, 2.45) is 5.41 Å². The molecule has 1 aliphatic rings. The van der Waals surface area contributed by atoms with Crippen LogP contribution < -0.4 is 10.4 Å². The Labute approximate surface area is 186 Å². The number of hydrogen-bond acceptors (Lipinski definition) is 4. The third kappa shape index (κ3) is 3.42. The van der Waals surface area contributed by atoms with Gasteiger partial charge in [-0.3, -0.25) is 4.79 Å². The van der Waals surface area contributed by atoms with Crippen LogP contribution in [0.5, 0.6) is 5.75 Å². The van der Waals surface area contributed by atoms with Crippen LogP contribution in [0.2, 0.25) is 0 Å². The monoisotopic (exact) mass is 424 g/mol. The summed E-state index contributed by atoms with van der Waals surface area (Å²) >= 11 is 0. The van der Waals surface area contributed by atoms with Crippen LogP contribution in [0.15, 0.2) is 75.9 Å². The molecule has 1 aromatic heterocycles. The summed E-state index contributed by atoms with van der Waals surface area (Å²) in [6.07, 6.45) is 0.947. The van der Waals surface area contributed by atoms with Crippen molar-refractivity contribution in [2.75, 3.05) is 7.11 Å². The number of ketones is 1. The Balaban J connectivity index is 1.84. The largest absolute Gasteiger partial charge is 0.496 e. The minimum Gasteiger partial charge on any atom is -0.496 e. The van der Waals surface area contributed by atoms with E-state index in [4.69, 9.17) is 9.15 Å². The molecule has 0 atom stereocenters. The van der Waals surface area contributed by atoms with Crippen molar-refractivity contribution in [1.29, 1.82) is 0 Å². The number of fused-ring (bicyclic) bond motifs is 2. The highest BCUT2D eigenvalue weighted by Gasteiger charge is 2.35. The van der Waals surface area contributed by atoms with Crippen molar-refractivity contribution in [3.8, 4) is 28.0 Å². The third-order valence-electron chi connectivity index (χ3n) is 6.17. The van der Waals surface area contributed by atoms with Gasteiger partial charge in [-0.2, -0.15) is 0 Å². The smallest absolute Gasteiger partial charge is 0.336 e. The molecule has 0 amide bonds. The van der Waals surface area contributed by atoms with Gasteiger partial charge in [0.05, 0.1) is 12.7 Å². The summed E-state index contributed by atoms with van der Waals surface area (Å²) < 4.78 is 11.2. The molecule has 4 heteroatoms. The van der Waals surface area contributed by atoms with Crippen LogP contribution in [0.25, 0.3) is 33.0 Å². The number of carbonyl (C=O) groups excluding carboxylic acids is 1. The SMILES string of the molecule is COc1ccc2ccc(-c3ccccc3)cc2c1-c1cc(=O)oc2c1C(=O)CC(C)(C)C2. The number of Topliss-reactive ketones (excluding diaryl/α,β-unsaturated/α-hetero) is 1. The second kappa shape index (κ2) is 7.49. The summed E-state index contributed by atoms with van der Waals surface area (Å²) in [5, 5.41) is 1.93. The van der Waals surface area contributed by atoms with E-state index in [1.807, 2.05) is 44.2 Å². The van der Waals surface area contributed by atoms with E-state index in [1.54, 1.807) is 7.11 Å². The van der Waals surface area contributed by atoms with E-state index in [0.29, 0.717) is 35.5 Å². The molecule has 160 valence electrons. The van der Waals surface area contributed by atoms with E-state index in [2.05, 4.69) is 30.3 Å². The number of carbonyl (C=O) groups is 1. The van der Waals surface area contributed by atoms with Gasteiger partial charge in [-0.25, -0.2) is 4.79 Å². The molecule has 32 heavy (non-hydrogen) atoms. The fourth-order valence-corrected chi connectivity index (χ4v) is 4.75. The second-order valence-electron chi connectivity index (χ2n) is 9.16. The average molecular weight is 424 g/mol. The number of rotatable bonds is 3. The Kier molecular flexibility index (Phi) is 4.74. The van der Waals surface area contributed by atoms with Gasteiger partial charge in [0.2, 0.25) is 0 Å². The first-order valence-electron chi connectivity index (χ1n) is 10.7. The molecule has 4 nitrogen and oxygen atoms in total. The average Bonchev–Trinajstić information content (AvgIpc) is 2.76. The number of methoxy groups -OCH3 is 1. The van der Waals surface area contributed by atoms with E-state index >= 15 is 0 Å². The van der Waals surface area contributed by atoms with Gasteiger partial charge in [0.1, 0.15) is 11.5 Å². The number of ether oxygens (including phenoxy) is 1. The lowest BCUT2D eigenvalue weighted by Crippen LogP contribution is -2.28. The predicted molar refractivity (Wildman–Crippen MR) is 126 cm³/mol. The zero-order valence-electron chi connectivity index (χ0n) is 18.4. The maximum absolute atomic E-state index is 13.2. The predicted octanol–water partition coefficient (Wildman–Crippen LogP) is 6.29. The van der Waals surface area contributed by atoms with E-state index in [0.717, 1.165) is 27.5 Å². The van der Waals surface area contributed by atoms with Crippen LogP contribution in [0.4, 0.5) is 0 Å². The Bertz CT molecular complexity index is 1410. The first kappa shape index (κ1) is 20.3. The quantitative estimate of drug-likeness (QED) is 0.388. The first-order valence-corrected chi connectivity index (χ1v) is 10.7. The van der Waals surface area contributed by atoms with E-state index in [1.165, 1.54) is 6.07 Å². The van der Waals surface area contributed by atoms with Gasteiger partial charge in [0, 0.05) is 30.0 Å². The van der Waals surface area contributed by atoms with Crippen LogP contribution in [0.1, 0.15) is 36.4 Å². The third-order valence-corrected chi connectivity index (χ3v) is 6.17. The molecule has 0 bridgehead atoms. The Hall–Kier alpha value is -3.66. The molecule has 0 fully saturated rings. The highest BCUT2D eigenvalue weighted by Crippen LogP contribution is 2.44. The molecule has 5 rings (SSSR count). The van der Waals surface area contributed by atoms with Gasteiger partial charge >= 0.3 is 5.63 Å². The summed E-state index contributed by atoms with van der Waals surface area (Å²) in [5.41, 5.74) is 3.28. The van der Waals surface area contributed by atoms with E-state index in [-0.39, 0.29) is 11.2 Å². The number of hydrogen-bond donors (Lipinski definition) is 0. The summed E-state index contributed by atoms with van der Waals surface area (Å²) in [4.78, 5) is 25.8. The van der Waals surface area contributed by atoms with Crippen LogP contribution in [-0.4, -0.2) is 12.9 Å². The van der Waals surface area contributed by atoms with Gasteiger partial charge in [0.25, 0.3) is 0 Å². The minimum absolute atomic E-state index is 0.00623. The van der Waals surface area contributed by atoms with Gasteiger partial charge in [-0.1, -0.05) is 62.4 Å². The first-order chi connectivity index (χ1) is 15.4. The summed E-state index contributed by atoms with van der Waals surface area (Å²) in [7, 11) is 1.61. The van der Waals surface area contributed by atoms with Crippen molar-refractivity contribution in [1.82, 2.24) is 0 Å². The van der Waals surface area contributed by atoms with Crippen LogP contribution in [-0.2, 0) is 6.42 Å². The van der Waals surface area contributed by atoms with Crippen molar-refractivity contribution in [2.45, 2.75) is 26.7 Å².